The molecule has 0 bridgehead atoms. The van der Waals surface area contributed by atoms with E-state index in [1.807, 2.05) is 0 Å². The third-order valence-electron chi connectivity index (χ3n) is 14.9. The van der Waals surface area contributed by atoms with Gasteiger partial charge in [-0.25, -0.2) is 0 Å². The van der Waals surface area contributed by atoms with Crippen molar-refractivity contribution in [2.24, 2.45) is 0 Å². The van der Waals surface area contributed by atoms with E-state index in [0.717, 1.165) is 53.4 Å². The monoisotopic (exact) mass is 953 g/mol. The summed E-state index contributed by atoms with van der Waals surface area (Å²) in [6, 6.07) is 95.6. The zero-order valence-corrected chi connectivity index (χ0v) is 42.1. The Kier molecular flexibility index (Phi) is 12.9. The van der Waals surface area contributed by atoms with Crippen LogP contribution in [-0.4, -0.2) is 6.04 Å². The molecular formula is C71H59N3. The first kappa shape index (κ1) is 46.2. The lowest BCUT2D eigenvalue weighted by Crippen LogP contribution is -2.31. The number of hydrogen-bond donors (Lipinski definition) is 0. The van der Waals surface area contributed by atoms with Gasteiger partial charge in [-0.05, 0) is 168 Å². The van der Waals surface area contributed by atoms with Gasteiger partial charge < -0.3 is 14.7 Å². The van der Waals surface area contributed by atoms with Crippen LogP contribution in [0.4, 0.5) is 45.5 Å². The zero-order valence-electron chi connectivity index (χ0n) is 42.1. The van der Waals surface area contributed by atoms with Gasteiger partial charge >= 0.3 is 0 Å². The first-order chi connectivity index (χ1) is 36.6. The van der Waals surface area contributed by atoms with Gasteiger partial charge in [-0.15, -0.1) is 0 Å². The first-order valence-electron chi connectivity index (χ1n) is 26.2. The van der Waals surface area contributed by atoms with Crippen molar-refractivity contribution in [2.45, 2.75) is 45.1 Å². The molecule has 3 nitrogen and oxygen atoms in total. The van der Waals surface area contributed by atoms with Crippen LogP contribution in [0, 0.1) is 13.8 Å². The summed E-state index contributed by atoms with van der Waals surface area (Å²) >= 11 is 0. The van der Waals surface area contributed by atoms with Gasteiger partial charge in [-0.1, -0.05) is 188 Å². The van der Waals surface area contributed by atoms with Crippen LogP contribution in [0.2, 0.25) is 0 Å². The molecule has 0 saturated heterocycles. The molecule has 0 saturated carbocycles. The summed E-state index contributed by atoms with van der Waals surface area (Å²) in [5, 5.41) is 4.94. The summed E-state index contributed by atoms with van der Waals surface area (Å²) in [5.74, 6) is 0.137. The predicted molar refractivity (Wildman–Crippen MR) is 315 cm³/mol. The Balaban J connectivity index is 0.975. The van der Waals surface area contributed by atoms with Crippen LogP contribution in [0.5, 0.6) is 0 Å². The Morgan fingerprint density at radius 2 is 0.716 bits per heavy atom. The molecule has 1 atom stereocenters. The smallest absolute Gasteiger partial charge is 0.0543 e. The molecule has 0 radical (unpaired) electrons. The van der Waals surface area contributed by atoms with E-state index in [1.165, 1.54) is 71.9 Å². The van der Waals surface area contributed by atoms with Gasteiger partial charge in [-0.2, -0.15) is 0 Å². The zero-order chi connectivity index (χ0) is 49.8. The second-order valence-electron chi connectivity index (χ2n) is 19.6. The molecule has 0 fully saturated rings. The minimum absolute atomic E-state index is 0.137. The van der Waals surface area contributed by atoms with E-state index in [4.69, 9.17) is 0 Å². The van der Waals surface area contributed by atoms with Crippen molar-refractivity contribution in [2.75, 3.05) is 14.7 Å². The van der Waals surface area contributed by atoms with Crippen LogP contribution in [-0.2, 0) is 0 Å². The highest BCUT2D eigenvalue weighted by Gasteiger charge is 2.27. The highest BCUT2D eigenvalue weighted by Crippen LogP contribution is 2.49. The fourth-order valence-electron chi connectivity index (χ4n) is 11.6. The SMILES string of the molecule is Cc1cc(N(c2ccccc2)c2ccc(N(c3ccccc3)c3ccccc3)cc2)c2ccccc2c1-c1c(C)cc(N(c2ccc(C(c3ccccc3)c3ccccc3)cc2)C2C=CCCC2)c2ccccc12. The molecule has 1 aliphatic carbocycles. The van der Waals surface area contributed by atoms with Crippen molar-refractivity contribution in [1.82, 2.24) is 0 Å². The average molecular weight is 954 g/mol. The quantitative estimate of drug-likeness (QED) is 0.0842. The van der Waals surface area contributed by atoms with Crippen molar-refractivity contribution in [3.8, 4) is 11.1 Å². The first-order valence-corrected chi connectivity index (χ1v) is 26.2. The van der Waals surface area contributed by atoms with E-state index in [9.17, 15) is 0 Å². The third-order valence-corrected chi connectivity index (χ3v) is 14.9. The van der Waals surface area contributed by atoms with Gasteiger partial charge in [0.1, 0.15) is 0 Å². The molecule has 0 spiro atoms. The standard InChI is InChI=1S/C71H59N3/c1-51-49-67(73(58-33-17-7-18-34-58)61-43-41-55(42-44-61)71(53-25-9-3-10-26-53)54-27-11-4-12-28-54)63-37-21-23-39-65(63)69(51)70-52(2)50-68(64-38-22-24-40-66(64)70)74(59-35-19-8-20-36-59)62-47-45-60(46-48-62)72(56-29-13-5-14-30-56)57-31-15-6-16-32-57/h3-6,8-17,19-33,35-50,58,71H,7,18,34H2,1-2H3. The highest BCUT2D eigenvalue weighted by atomic mass is 15.2. The summed E-state index contributed by atoms with van der Waals surface area (Å²) in [7, 11) is 0. The molecular weight excluding hydrogens is 895 g/mol. The summed E-state index contributed by atoms with van der Waals surface area (Å²) in [6.07, 6.45) is 8.20. The molecule has 11 aromatic rings. The van der Waals surface area contributed by atoms with Crippen LogP contribution >= 0.6 is 0 Å². The number of allylic oxidation sites excluding steroid dienone is 1. The Bertz CT molecular complexity index is 3630. The van der Waals surface area contributed by atoms with Crippen LogP contribution in [0.25, 0.3) is 32.7 Å². The molecule has 74 heavy (non-hydrogen) atoms. The van der Waals surface area contributed by atoms with Crippen molar-refractivity contribution in [1.29, 1.82) is 0 Å². The number of nitrogens with zero attached hydrogens (tertiary/aromatic N) is 3. The topological polar surface area (TPSA) is 9.72 Å². The summed E-state index contributed by atoms with van der Waals surface area (Å²) < 4.78 is 0. The van der Waals surface area contributed by atoms with Crippen molar-refractivity contribution < 1.29 is 0 Å². The second kappa shape index (κ2) is 20.7. The van der Waals surface area contributed by atoms with Crippen LogP contribution < -0.4 is 14.7 Å². The molecule has 11 aromatic carbocycles. The Hall–Kier alpha value is -8.92. The highest BCUT2D eigenvalue weighted by molar-refractivity contribution is 6.14. The van der Waals surface area contributed by atoms with Gasteiger partial charge in [0.05, 0.1) is 11.7 Å². The largest absolute Gasteiger partial charge is 0.334 e. The van der Waals surface area contributed by atoms with Gasteiger partial charge in [0.2, 0.25) is 0 Å². The number of rotatable bonds is 13. The summed E-state index contributed by atoms with van der Waals surface area (Å²) in [5.41, 5.74) is 18.0. The van der Waals surface area contributed by atoms with Crippen molar-refractivity contribution in [3.05, 3.63) is 301 Å². The van der Waals surface area contributed by atoms with Crippen LogP contribution in [0.1, 0.15) is 53.0 Å². The van der Waals surface area contributed by atoms with E-state index in [0.29, 0.717) is 0 Å². The van der Waals surface area contributed by atoms with E-state index in [2.05, 4.69) is 302 Å². The number of fused-ring (bicyclic) bond motifs is 2. The van der Waals surface area contributed by atoms with E-state index >= 15 is 0 Å². The van der Waals surface area contributed by atoms with Crippen molar-refractivity contribution in [3.63, 3.8) is 0 Å². The van der Waals surface area contributed by atoms with E-state index in [1.54, 1.807) is 0 Å². The minimum atomic E-state index is 0.137. The van der Waals surface area contributed by atoms with Gasteiger partial charge in [0, 0.05) is 56.5 Å². The Morgan fingerprint density at radius 3 is 1.19 bits per heavy atom. The number of para-hydroxylation sites is 3. The lowest BCUT2D eigenvalue weighted by molar-refractivity contribution is 0.632. The van der Waals surface area contributed by atoms with E-state index in [-0.39, 0.29) is 12.0 Å². The maximum atomic E-state index is 2.62. The van der Waals surface area contributed by atoms with Gasteiger partial charge in [0.25, 0.3) is 0 Å². The third kappa shape index (κ3) is 8.92. The molecule has 0 heterocycles. The molecule has 3 heteroatoms. The lowest BCUT2D eigenvalue weighted by Gasteiger charge is -2.35. The maximum Gasteiger partial charge on any atom is 0.0543 e. The van der Waals surface area contributed by atoms with Crippen LogP contribution in [0.3, 0.4) is 0 Å². The minimum Gasteiger partial charge on any atom is -0.334 e. The normalized spacial score (nSPS) is 13.3. The summed E-state index contributed by atoms with van der Waals surface area (Å²) in [6.45, 7) is 4.62. The van der Waals surface area contributed by atoms with E-state index < -0.39 is 0 Å². The number of hydrogen-bond acceptors (Lipinski definition) is 3. The molecule has 0 aliphatic heterocycles. The molecule has 358 valence electrons. The van der Waals surface area contributed by atoms with Crippen molar-refractivity contribution >= 4 is 67.0 Å². The fraction of sp³-hybridized carbons (Fsp3) is 0.0986. The second-order valence-corrected chi connectivity index (χ2v) is 19.6. The number of benzene rings is 11. The molecule has 0 N–H and O–H groups in total. The molecule has 0 amide bonds. The lowest BCUT2D eigenvalue weighted by atomic mass is 9.85. The number of anilines is 8. The molecule has 1 aliphatic rings. The maximum absolute atomic E-state index is 2.62. The fourth-order valence-corrected chi connectivity index (χ4v) is 11.6. The summed E-state index contributed by atoms with van der Waals surface area (Å²) in [4.78, 5) is 7.36. The molecule has 12 rings (SSSR count). The number of aryl methyl sites for hydroxylation is 2. The Labute approximate surface area is 436 Å². The predicted octanol–water partition coefficient (Wildman–Crippen LogP) is 19.6. The molecule has 0 aromatic heterocycles. The Morgan fingerprint density at radius 1 is 0.351 bits per heavy atom. The van der Waals surface area contributed by atoms with Crippen LogP contribution in [0.15, 0.2) is 273 Å². The van der Waals surface area contributed by atoms with Gasteiger partial charge in [0.15, 0.2) is 0 Å². The molecule has 1 unspecified atom stereocenters. The average Bonchev–Trinajstić information content (AvgIpc) is 3.46. The van der Waals surface area contributed by atoms with Gasteiger partial charge in [-0.3, -0.25) is 0 Å².